The number of aliphatic hydroxyl groups is 1. The van der Waals surface area contributed by atoms with Crippen molar-refractivity contribution in [2.75, 3.05) is 11.5 Å². The molecule has 0 bridgehead atoms. The molecule has 6 nitrogen and oxygen atoms in total. The van der Waals surface area contributed by atoms with Crippen LogP contribution in [0.3, 0.4) is 0 Å². The van der Waals surface area contributed by atoms with Gasteiger partial charge in [-0.15, -0.1) is 0 Å². The van der Waals surface area contributed by atoms with E-state index in [-0.39, 0.29) is 29.3 Å². The number of sulfone groups is 1. The van der Waals surface area contributed by atoms with E-state index in [1.807, 2.05) is 0 Å². The topological polar surface area (TPSA) is 91.8 Å². The zero-order chi connectivity index (χ0) is 20.8. The maximum Gasteiger partial charge on any atom is 0.295 e. The van der Waals surface area contributed by atoms with Gasteiger partial charge in [-0.05, 0) is 24.1 Å². The minimum Gasteiger partial charge on any atom is -0.507 e. The van der Waals surface area contributed by atoms with E-state index in [2.05, 4.69) is 0 Å². The van der Waals surface area contributed by atoms with Gasteiger partial charge in [0.15, 0.2) is 9.84 Å². The maximum absolute atomic E-state index is 12.9. The molecule has 2 heterocycles. The number of hydrogen-bond acceptors (Lipinski definition) is 5. The number of carbonyl (C=O) groups excluding carboxylic acids is 2. The van der Waals surface area contributed by atoms with Crippen LogP contribution in [0, 0.1) is 0 Å². The third kappa shape index (κ3) is 3.56. The molecular weight excluding hydrogens is 414 g/mol. The zero-order valence-electron chi connectivity index (χ0n) is 15.3. The fourth-order valence-corrected chi connectivity index (χ4v) is 5.78. The highest BCUT2D eigenvalue weighted by Crippen LogP contribution is 2.42. The summed E-state index contributed by atoms with van der Waals surface area (Å²) in [5.41, 5.74) is 0.937. The molecule has 150 valence electrons. The van der Waals surface area contributed by atoms with E-state index in [1.54, 1.807) is 54.6 Å². The second-order valence-electron chi connectivity index (χ2n) is 7.18. The quantitative estimate of drug-likeness (QED) is 0.458. The van der Waals surface area contributed by atoms with Crippen molar-refractivity contribution in [1.82, 2.24) is 4.90 Å². The fraction of sp³-hybridized carbons (Fsp3) is 0.238. The third-order valence-corrected chi connectivity index (χ3v) is 7.32. The molecule has 2 saturated heterocycles. The molecule has 2 atom stereocenters. The monoisotopic (exact) mass is 431 g/mol. The van der Waals surface area contributed by atoms with Gasteiger partial charge in [-0.25, -0.2) is 8.42 Å². The Morgan fingerprint density at radius 3 is 2.28 bits per heavy atom. The van der Waals surface area contributed by atoms with Crippen molar-refractivity contribution in [3.05, 3.63) is 76.3 Å². The van der Waals surface area contributed by atoms with Crippen LogP contribution in [0.2, 0.25) is 5.02 Å². The number of benzene rings is 2. The summed E-state index contributed by atoms with van der Waals surface area (Å²) in [6, 6.07) is 13.6. The van der Waals surface area contributed by atoms with E-state index in [0.717, 1.165) is 0 Å². The Balaban J connectivity index is 1.89. The van der Waals surface area contributed by atoms with Crippen molar-refractivity contribution in [2.45, 2.75) is 18.5 Å². The second-order valence-corrected chi connectivity index (χ2v) is 9.85. The lowest BCUT2D eigenvalue weighted by Crippen LogP contribution is -2.40. The van der Waals surface area contributed by atoms with Gasteiger partial charge in [0, 0.05) is 16.6 Å². The number of aliphatic hydroxyl groups excluding tert-OH is 1. The van der Waals surface area contributed by atoms with Crippen molar-refractivity contribution < 1.29 is 23.1 Å². The van der Waals surface area contributed by atoms with Gasteiger partial charge in [-0.2, -0.15) is 0 Å². The molecule has 2 aliphatic rings. The van der Waals surface area contributed by atoms with Crippen LogP contribution in [0.1, 0.15) is 23.6 Å². The van der Waals surface area contributed by atoms with Gasteiger partial charge in [0.05, 0.1) is 23.1 Å². The summed E-state index contributed by atoms with van der Waals surface area (Å²) < 4.78 is 24.0. The number of likely N-dealkylation sites (tertiary alicyclic amines) is 1. The van der Waals surface area contributed by atoms with E-state index >= 15 is 0 Å². The summed E-state index contributed by atoms with van der Waals surface area (Å²) in [4.78, 5) is 27.1. The Labute approximate surface area is 173 Å². The standard InChI is InChI=1S/C21H18ClNO5S/c22-15-8-6-13(7-9-15)18-17(19(24)14-4-2-1-3-5-14)20(25)21(26)23(18)16-10-11-29(27,28)12-16/h1-9,16,18,24H,10-12H2/t16-,18+/m1/s1. The number of Topliss-reactive ketones (excluding diaryl/α,β-unsaturated/α-hetero) is 1. The molecule has 2 aromatic rings. The van der Waals surface area contributed by atoms with Gasteiger partial charge >= 0.3 is 0 Å². The van der Waals surface area contributed by atoms with Crippen LogP contribution in [0.4, 0.5) is 0 Å². The summed E-state index contributed by atoms with van der Waals surface area (Å²) in [6.45, 7) is 0. The molecule has 0 spiro atoms. The van der Waals surface area contributed by atoms with Crippen LogP contribution in [0.25, 0.3) is 5.76 Å². The second kappa shape index (κ2) is 7.31. The predicted molar refractivity (Wildman–Crippen MR) is 109 cm³/mol. The molecule has 4 rings (SSSR count). The molecule has 1 N–H and O–H groups in total. The molecular formula is C21H18ClNO5S. The number of ketones is 1. The largest absolute Gasteiger partial charge is 0.507 e. The average Bonchev–Trinajstić information content (AvgIpc) is 3.19. The van der Waals surface area contributed by atoms with Crippen molar-refractivity contribution in [3.63, 3.8) is 0 Å². The van der Waals surface area contributed by atoms with Crippen LogP contribution in [-0.2, 0) is 19.4 Å². The first-order chi connectivity index (χ1) is 13.8. The van der Waals surface area contributed by atoms with Crippen LogP contribution >= 0.6 is 11.6 Å². The molecule has 1 amide bonds. The molecule has 0 saturated carbocycles. The average molecular weight is 432 g/mol. The fourth-order valence-electron chi connectivity index (χ4n) is 3.95. The number of amides is 1. The zero-order valence-corrected chi connectivity index (χ0v) is 16.9. The number of carbonyl (C=O) groups is 2. The van der Waals surface area contributed by atoms with E-state index in [0.29, 0.717) is 16.1 Å². The number of hydrogen-bond donors (Lipinski definition) is 1. The Kier molecular flexibility index (Phi) is 4.96. The first kappa shape index (κ1) is 19.7. The van der Waals surface area contributed by atoms with Crippen LogP contribution in [0.15, 0.2) is 60.2 Å². The van der Waals surface area contributed by atoms with Gasteiger partial charge in [0.1, 0.15) is 5.76 Å². The molecule has 2 fully saturated rings. The van der Waals surface area contributed by atoms with Gasteiger partial charge in [-0.3, -0.25) is 9.59 Å². The summed E-state index contributed by atoms with van der Waals surface area (Å²) >= 11 is 5.98. The molecule has 0 unspecified atom stereocenters. The molecule has 2 aromatic carbocycles. The Hall–Kier alpha value is -2.64. The van der Waals surface area contributed by atoms with Gasteiger partial charge in [0.25, 0.3) is 11.7 Å². The van der Waals surface area contributed by atoms with E-state index in [9.17, 15) is 23.1 Å². The normalized spacial score (nSPS) is 25.5. The predicted octanol–water partition coefficient (Wildman–Crippen LogP) is 2.95. The van der Waals surface area contributed by atoms with Crippen LogP contribution in [-0.4, -0.2) is 47.7 Å². The van der Waals surface area contributed by atoms with Crippen molar-refractivity contribution >= 4 is 38.9 Å². The molecule has 0 aliphatic carbocycles. The lowest BCUT2D eigenvalue weighted by atomic mass is 9.95. The van der Waals surface area contributed by atoms with Gasteiger partial charge in [0.2, 0.25) is 0 Å². The highest BCUT2D eigenvalue weighted by atomic mass is 35.5. The Morgan fingerprint density at radius 1 is 1.03 bits per heavy atom. The summed E-state index contributed by atoms with van der Waals surface area (Å²) in [5, 5.41) is 11.4. The van der Waals surface area contributed by atoms with E-state index in [1.165, 1.54) is 4.90 Å². The number of nitrogens with zero attached hydrogens (tertiary/aromatic N) is 1. The summed E-state index contributed by atoms with van der Waals surface area (Å²) in [6.07, 6.45) is 0.255. The van der Waals surface area contributed by atoms with E-state index in [4.69, 9.17) is 11.6 Å². The van der Waals surface area contributed by atoms with Gasteiger partial charge < -0.3 is 10.0 Å². The number of rotatable bonds is 3. The molecule has 8 heteroatoms. The van der Waals surface area contributed by atoms with E-state index < -0.39 is 33.6 Å². The number of halogens is 1. The third-order valence-electron chi connectivity index (χ3n) is 5.31. The lowest BCUT2D eigenvalue weighted by molar-refractivity contribution is -0.141. The first-order valence-corrected chi connectivity index (χ1v) is 11.3. The van der Waals surface area contributed by atoms with Crippen molar-refractivity contribution in [3.8, 4) is 0 Å². The Bertz CT molecular complexity index is 1110. The van der Waals surface area contributed by atoms with Crippen molar-refractivity contribution in [1.29, 1.82) is 0 Å². The lowest BCUT2D eigenvalue weighted by Gasteiger charge is -2.30. The molecule has 2 aliphatic heterocycles. The first-order valence-electron chi connectivity index (χ1n) is 9.10. The summed E-state index contributed by atoms with van der Waals surface area (Å²) in [5.74, 6) is -2.14. The highest BCUT2D eigenvalue weighted by Gasteiger charge is 2.50. The summed E-state index contributed by atoms with van der Waals surface area (Å²) in [7, 11) is -3.28. The van der Waals surface area contributed by atoms with Gasteiger partial charge in [-0.1, -0.05) is 54.1 Å². The molecule has 0 aromatic heterocycles. The van der Waals surface area contributed by atoms with Crippen LogP contribution < -0.4 is 0 Å². The minimum atomic E-state index is -3.28. The Morgan fingerprint density at radius 2 is 1.69 bits per heavy atom. The van der Waals surface area contributed by atoms with Crippen molar-refractivity contribution in [2.24, 2.45) is 0 Å². The smallest absolute Gasteiger partial charge is 0.295 e. The van der Waals surface area contributed by atoms with Crippen LogP contribution in [0.5, 0.6) is 0 Å². The SMILES string of the molecule is O=C1C(=O)N([C@@H]2CCS(=O)(=O)C2)[C@@H](c2ccc(Cl)cc2)C1=C(O)c1ccccc1. The molecule has 29 heavy (non-hydrogen) atoms. The minimum absolute atomic E-state index is 0.0350. The molecule has 0 radical (unpaired) electrons. The highest BCUT2D eigenvalue weighted by molar-refractivity contribution is 7.91. The maximum atomic E-state index is 12.9.